The number of guanidine groups is 1. The van der Waals surface area contributed by atoms with Crippen molar-refractivity contribution in [3.05, 3.63) is 29.8 Å². The lowest BCUT2D eigenvalue weighted by Gasteiger charge is -2.28. The van der Waals surface area contributed by atoms with E-state index >= 15 is 0 Å². The number of nitrogens with two attached hydrogens (primary N) is 4. The van der Waals surface area contributed by atoms with E-state index in [0.717, 1.165) is 6.92 Å². The minimum absolute atomic E-state index is 0.0000462. The molecule has 29 nitrogen and oxygen atoms in total. The Balaban J connectivity index is 3.28. The summed E-state index contributed by atoms with van der Waals surface area (Å²) in [6, 6.07) is -6.34. The van der Waals surface area contributed by atoms with Crippen LogP contribution in [0, 0.1) is 11.8 Å². The third-order valence-corrected chi connectivity index (χ3v) is 11.3. The highest BCUT2D eigenvalue weighted by Crippen LogP contribution is 2.13. The molecule has 0 saturated heterocycles. The molecular weight excluding hydrogens is 1000 g/mol. The van der Waals surface area contributed by atoms with E-state index in [1.807, 2.05) is 0 Å². The lowest BCUT2D eigenvalue weighted by Crippen LogP contribution is -2.61. The minimum Gasteiger partial charge on any atom is -0.508 e. The average molecular weight is 1080 g/mol. The highest BCUT2D eigenvalue weighted by molar-refractivity contribution is 5.98. The van der Waals surface area contributed by atoms with Gasteiger partial charge in [0.15, 0.2) is 5.96 Å². The standard InChI is InChI=1S/C47H77N13O16/c1-23(2)19-33(46(75)76)58-41(70)30(9-6-7-17-48)55-40(69)29(10-8-18-52-47(50)51)54-34(63)22-53-44(73)38(25(5)61)60-42(71)31(15-16-35(64)65)56-43(72)32(21-36(66)67)57-45(74)37(24(3)4)59-39(68)28(49)20-26-11-13-27(62)14-12-26/h11-14,23-25,28-33,37-38,61-62H,6-10,15-22,48-49H2,1-5H3,(H,53,73)(H,54,63)(H,55,69)(H,56,72)(H,57,74)(H,58,70)(H,59,68)(H,60,71)(H,64,65)(H,66,67)(H,75,76)(H4,50,51,52). The number of nitrogens with zero attached hydrogens (tertiary/aromatic N) is 1. The molecule has 9 unspecified atom stereocenters. The van der Waals surface area contributed by atoms with Crippen LogP contribution < -0.4 is 65.5 Å². The van der Waals surface area contributed by atoms with Gasteiger partial charge in [0.05, 0.1) is 25.1 Å². The number of hydrogen-bond donors (Lipinski definition) is 17. The molecule has 0 aliphatic heterocycles. The fourth-order valence-electron chi connectivity index (χ4n) is 7.18. The molecule has 0 bridgehead atoms. The number of aliphatic hydroxyl groups is 1. The molecule has 29 heteroatoms. The van der Waals surface area contributed by atoms with Crippen LogP contribution in [0.3, 0.4) is 0 Å². The van der Waals surface area contributed by atoms with Crippen LogP contribution in [-0.4, -0.2) is 171 Å². The van der Waals surface area contributed by atoms with Gasteiger partial charge in [-0.15, -0.1) is 0 Å². The van der Waals surface area contributed by atoms with Crippen LogP contribution in [0.4, 0.5) is 0 Å². The number of phenolic OH excluding ortho intramolecular Hbond substituents is 1. The van der Waals surface area contributed by atoms with E-state index in [4.69, 9.17) is 22.9 Å². The smallest absolute Gasteiger partial charge is 0.326 e. The predicted molar refractivity (Wildman–Crippen MR) is 272 cm³/mol. The number of phenols is 1. The molecule has 1 aromatic carbocycles. The predicted octanol–water partition coefficient (Wildman–Crippen LogP) is -4.54. The number of carbonyl (C=O) groups is 11. The zero-order valence-electron chi connectivity index (χ0n) is 43.3. The Hall–Kier alpha value is -7.66. The number of amides is 8. The van der Waals surface area contributed by atoms with Crippen LogP contribution in [0.25, 0.3) is 0 Å². The molecule has 0 aromatic heterocycles. The summed E-state index contributed by atoms with van der Waals surface area (Å²) < 4.78 is 0. The number of aromatic hydroxyl groups is 1. The monoisotopic (exact) mass is 1080 g/mol. The topological polar surface area (TPSA) is 502 Å². The van der Waals surface area contributed by atoms with Crippen molar-refractivity contribution >= 4 is 71.1 Å². The van der Waals surface area contributed by atoms with Gasteiger partial charge in [-0.05, 0) is 94.4 Å². The third kappa shape index (κ3) is 26.0. The molecular formula is C47H77N13O16. The Morgan fingerprint density at radius 1 is 0.592 bits per heavy atom. The number of rotatable bonds is 36. The highest BCUT2D eigenvalue weighted by atomic mass is 16.4. The molecule has 0 aliphatic rings. The van der Waals surface area contributed by atoms with Gasteiger partial charge in [0.25, 0.3) is 0 Å². The molecule has 0 aliphatic carbocycles. The molecule has 1 aromatic rings. The Bertz CT molecular complexity index is 2170. The number of aliphatic imine (C=N–C) groups is 1. The summed E-state index contributed by atoms with van der Waals surface area (Å²) in [5, 5.41) is 67.6. The Labute approximate surface area is 439 Å². The number of benzene rings is 1. The first kappa shape index (κ1) is 66.4. The molecule has 21 N–H and O–H groups in total. The summed E-state index contributed by atoms with van der Waals surface area (Å²) in [5.41, 5.74) is 23.1. The maximum absolute atomic E-state index is 13.7. The van der Waals surface area contributed by atoms with E-state index in [-0.39, 0.29) is 62.8 Å². The highest BCUT2D eigenvalue weighted by Gasteiger charge is 2.36. The molecule has 0 radical (unpaired) electrons. The van der Waals surface area contributed by atoms with E-state index < -0.39 is 151 Å². The number of carboxylic acids is 3. The SMILES string of the molecule is CC(C)CC(NC(=O)C(CCCCN)NC(=O)C(CCCN=C(N)N)NC(=O)CNC(=O)C(NC(=O)C(CCC(=O)O)NC(=O)C(CC(=O)O)NC(=O)C(NC(=O)C(N)Cc1ccc(O)cc1)C(C)C)C(C)O)C(=O)O. The van der Waals surface area contributed by atoms with E-state index in [1.54, 1.807) is 13.8 Å². The zero-order valence-corrected chi connectivity index (χ0v) is 43.3. The molecule has 76 heavy (non-hydrogen) atoms. The van der Waals surface area contributed by atoms with E-state index in [9.17, 15) is 78.3 Å². The van der Waals surface area contributed by atoms with Crippen molar-refractivity contribution in [1.29, 1.82) is 0 Å². The van der Waals surface area contributed by atoms with Gasteiger partial charge in [0.1, 0.15) is 48.0 Å². The molecule has 0 fully saturated rings. The van der Waals surface area contributed by atoms with Crippen molar-refractivity contribution < 1.29 is 78.3 Å². The van der Waals surface area contributed by atoms with Gasteiger partial charge in [-0.1, -0.05) is 39.8 Å². The number of carboxylic acid groups (broad SMARTS) is 3. The molecule has 426 valence electrons. The minimum atomic E-state index is -1.93. The fourth-order valence-corrected chi connectivity index (χ4v) is 7.18. The van der Waals surface area contributed by atoms with Gasteiger partial charge in [0.2, 0.25) is 47.3 Å². The summed E-state index contributed by atoms with van der Waals surface area (Å²) >= 11 is 0. The molecule has 0 saturated carbocycles. The van der Waals surface area contributed by atoms with Crippen molar-refractivity contribution in [3.8, 4) is 5.75 Å². The van der Waals surface area contributed by atoms with E-state index in [2.05, 4.69) is 47.5 Å². The van der Waals surface area contributed by atoms with Crippen LogP contribution in [0.5, 0.6) is 5.75 Å². The van der Waals surface area contributed by atoms with Gasteiger partial charge in [-0.2, -0.15) is 0 Å². The summed E-state index contributed by atoms with van der Waals surface area (Å²) in [4.78, 5) is 147. The molecule has 8 amide bonds. The lowest BCUT2D eigenvalue weighted by atomic mass is 10.0. The largest absolute Gasteiger partial charge is 0.508 e. The fraction of sp³-hybridized carbons (Fsp3) is 0.617. The normalized spacial score (nSPS) is 14.6. The van der Waals surface area contributed by atoms with Gasteiger partial charge in [-0.25, -0.2) is 4.79 Å². The maximum Gasteiger partial charge on any atom is 0.326 e. The quantitative estimate of drug-likeness (QED) is 0.0171. The average Bonchev–Trinajstić information content (AvgIpc) is 3.32. The first-order valence-corrected chi connectivity index (χ1v) is 24.6. The second kappa shape index (κ2) is 34.0. The van der Waals surface area contributed by atoms with E-state index in [1.165, 1.54) is 38.1 Å². The number of nitrogens with one attached hydrogen (secondary N) is 8. The number of aliphatic hydroxyl groups excluding tert-OH is 1. The van der Waals surface area contributed by atoms with Crippen molar-refractivity contribution in [3.63, 3.8) is 0 Å². The van der Waals surface area contributed by atoms with E-state index in [0.29, 0.717) is 18.4 Å². The van der Waals surface area contributed by atoms with Gasteiger partial charge in [-0.3, -0.25) is 52.9 Å². The van der Waals surface area contributed by atoms with Gasteiger partial charge >= 0.3 is 17.9 Å². The van der Waals surface area contributed by atoms with Crippen molar-refractivity contribution in [2.24, 2.45) is 39.8 Å². The third-order valence-electron chi connectivity index (χ3n) is 11.3. The second-order valence-electron chi connectivity index (χ2n) is 18.7. The summed E-state index contributed by atoms with van der Waals surface area (Å²) in [6.45, 7) is 7.03. The molecule has 1 rings (SSSR count). The number of carbonyl (C=O) groups excluding carboxylic acids is 8. The summed E-state index contributed by atoms with van der Waals surface area (Å²) in [5.74, 6) is -13.6. The van der Waals surface area contributed by atoms with Gasteiger partial charge < -0.3 is 91.0 Å². The molecule has 9 atom stereocenters. The number of hydrogen-bond acceptors (Lipinski definition) is 16. The van der Waals surface area contributed by atoms with Crippen LogP contribution in [0.1, 0.15) is 98.0 Å². The van der Waals surface area contributed by atoms with Crippen LogP contribution in [0.2, 0.25) is 0 Å². The van der Waals surface area contributed by atoms with Crippen molar-refractivity contribution in [2.75, 3.05) is 19.6 Å². The number of aliphatic carboxylic acids is 3. The van der Waals surface area contributed by atoms with Crippen LogP contribution >= 0.6 is 0 Å². The maximum atomic E-state index is 13.7. The van der Waals surface area contributed by atoms with Crippen molar-refractivity contribution in [2.45, 2.75) is 153 Å². The van der Waals surface area contributed by atoms with Crippen molar-refractivity contribution in [1.82, 2.24) is 42.5 Å². The van der Waals surface area contributed by atoms with Crippen LogP contribution in [0.15, 0.2) is 29.3 Å². The molecule has 0 spiro atoms. The first-order chi connectivity index (χ1) is 35.6. The summed E-state index contributed by atoms with van der Waals surface area (Å²) in [7, 11) is 0. The number of unbranched alkanes of at least 4 members (excludes halogenated alkanes) is 1. The van der Waals surface area contributed by atoms with Gasteiger partial charge in [0, 0.05) is 13.0 Å². The zero-order chi connectivity index (χ0) is 57.8. The van der Waals surface area contributed by atoms with Crippen LogP contribution in [-0.2, 0) is 59.2 Å². The Kier molecular flexibility index (Phi) is 29.7. The first-order valence-electron chi connectivity index (χ1n) is 24.6. The Morgan fingerprint density at radius 3 is 1.62 bits per heavy atom. The summed E-state index contributed by atoms with van der Waals surface area (Å²) in [6.07, 6.45) is -3.31. The second-order valence-corrected chi connectivity index (χ2v) is 18.7. The molecule has 0 heterocycles. The Morgan fingerprint density at radius 2 is 1.11 bits per heavy atom. The lowest BCUT2D eigenvalue weighted by molar-refractivity contribution is -0.143.